The summed E-state index contributed by atoms with van der Waals surface area (Å²) < 4.78 is 0. The second-order valence-electron chi connectivity index (χ2n) is 17.6. The molecule has 2 aliphatic heterocycles. The van der Waals surface area contributed by atoms with Gasteiger partial charge in [0, 0.05) is 43.8 Å². The SMILES string of the molecule is CC(C)(C)c1cccc2c1-c1nc-2nc2[nH]c(nc3nc(nc4[nH]c(n1)c1c(C(C)(C)C)cccc41)-c1ccc(C(=O)O)cc1-3)c1cccc(C(C)(C)C)c21. The Morgan fingerprint density at radius 1 is 0.491 bits per heavy atom. The van der Waals surface area contributed by atoms with E-state index in [-0.39, 0.29) is 21.8 Å². The minimum atomic E-state index is -1.04. The van der Waals surface area contributed by atoms with Crippen LogP contribution in [-0.4, -0.2) is 50.9 Å². The Kier molecular flexibility index (Phi) is 7.27. The van der Waals surface area contributed by atoms with Gasteiger partial charge in [-0.1, -0.05) is 117 Å². The average molecular weight is 727 g/mol. The second kappa shape index (κ2) is 11.6. The fourth-order valence-corrected chi connectivity index (χ4v) is 7.95. The summed E-state index contributed by atoms with van der Waals surface area (Å²) in [5.41, 5.74) is 8.30. The number of carboxylic acid groups (broad SMARTS) is 1. The molecule has 9 rings (SSSR count). The van der Waals surface area contributed by atoms with Crippen LogP contribution in [0.15, 0.2) is 72.8 Å². The summed E-state index contributed by atoms with van der Waals surface area (Å²) >= 11 is 0. The summed E-state index contributed by atoms with van der Waals surface area (Å²) in [4.78, 5) is 50.6. The first-order valence-electron chi connectivity index (χ1n) is 18.6. The highest BCUT2D eigenvalue weighted by atomic mass is 16.4. The van der Waals surface area contributed by atoms with E-state index in [2.05, 4.69) is 103 Å². The number of hydrogen-bond donors (Lipinski definition) is 3. The van der Waals surface area contributed by atoms with Gasteiger partial charge in [0.1, 0.15) is 22.6 Å². The number of fused-ring (bicyclic) bond motifs is 20. The topological polar surface area (TPSA) is 146 Å². The molecule has 10 heteroatoms. The first-order chi connectivity index (χ1) is 26.0. The monoisotopic (exact) mass is 726 g/mol. The van der Waals surface area contributed by atoms with Gasteiger partial charge in [-0.05, 0) is 51.1 Å². The predicted octanol–water partition coefficient (Wildman–Crippen LogP) is 10.5. The number of H-pyrrole nitrogens is 2. The molecule has 0 unspecified atom stereocenters. The number of nitrogens with zero attached hydrogens (tertiary/aromatic N) is 6. The van der Waals surface area contributed by atoms with Crippen molar-refractivity contribution in [3.05, 3.63) is 95.1 Å². The fraction of sp³-hybridized carbons (Fsp3) is 0.267. The highest BCUT2D eigenvalue weighted by Crippen LogP contribution is 2.43. The van der Waals surface area contributed by atoms with E-state index in [9.17, 15) is 9.90 Å². The normalized spacial score (nSPS) is 13.0. The molecule has 0 saturated heterocycles. The third kappa shape index (κ3) is 5.49. The van der Waals surface area contributed by atoms with Crippen molar-refractivity contribution in [3.8, 4) is 45.6 Å². The van der Waals surface area contributed by atoms with Crippen LogP contribution < -0.4 is 0 Å². The molecular formula is C45H42N8O2. The molecule has 8 bridgehead atoms. The maximum absolute atomic E-state index is 12.2. The van der Waals surface area contributed by atoms with Crippen LogP contribution in [0.5, 0.6) is 0 Å². The lowest BCUT2D eigenvalue weighted by Gasteiger charge is -2.22. The zero-order valence-corrected chi connectivity index (χ0v) is 32.5. The maximum Gasteiger partial charge on any atom is 0.335 e. The minimum Gasteiger partial charge on any atom is -0.478 e. The second-order valence-corrected chi connectivity index (χ2v) is 17.6. The van der Waals surface area contributed by atoms with Crippen molar-refractivity contribution in [1.82, 2.24) is 39.9 Å². The number of rotatable bonds is 1. The van der Waals surface area contributed by atoms with E-state index < -0.39 is 5.97 Å². The number of hydrogen-bond acceptors (Lipinski definition) is 7. The standard InChI is InChI=1S/C45H42N8O2/c1-43(2,3)28-16-10-13-24-31(28)39-49-36(24)48-38-27-21-22(42(54)55)19-20-23(27)34(47-38)46-35-25-14-11-17-29(44(4,5)6)32(25)40(50-35)53-41-33-26(37(51-39)52-41)15-12-18-30(33)45(7,8)9/h10-21H,1-9H3,(H,54,55)(H2,46,47,48,49,50,51,52,53). The zero-order chi connectivity index (χ0) is 38.8. The van der Waals surface area contributed by atoms with E-state index >= 15 is 0 Å². The summed E-state index contributed by atoms with van der Waals surface area (Å²) in [6.45, 7) is 19.7. The van der Waals surface area contributed by atoms with Gasteiger partial charge in [-0.2, -0.15) is 0 Å². The quantitative estimate of drug-likeness (QED) is 0.151. The van der Waals surface area contributed by atoms with Crippen LogP contribution in [0.1, 0.15) is 89.4 Å². The number of aromatic carboxylic acids is 1. The molecule has 5 heterocycles. The van der Waals surface area contributed by atoms with Crippen LogP contribution in [0.2, 0.25) is 0 Å². The Balaban J connectivity index is 1.54. The van der Waals surface area contributed by atoms with Crippen molar-refractivity contribution < 1.29 is 9.90 Å². The summed E-state index contributed by atoms with van der Waals surface area (Å²) in [6, 6.07) is 23.7. The predicted molar refractivity (Wildman–Crippen MR) is 219 cm³/mol. The van der Waals surface area contributed by atoms with E-state index in [0.29, 0.717) is 57.0 Å². The van der Waals surface area contributed by atoms with Crippen molar-refractivity contribution in [3.63, 3.8) is 0 Å². The zero-order valence-electron chi connectivity index (χ0n) is 32.5. The first-order valence-corrected chi connectivity index (χ1v) is 18.6. The minimum absolute atomic E-state index is 0.136. The van der Waals surface area contributed by atoms with Crippen LogP contribution in [-0.2, 0) is 16.2 Å². The highest BCUT2D eigenvalue weighted by molar-refractivity contribution is 6.09. The Morgan fingerprint density at radius 2 is 0.945 bits per heavy atom. The summed E-state index contributed by atoms with van der Waals surface area (Å²) in [7, 11) is 0. The number of benzene rings is 4. The summed E-state index contributed by atoms with van der Waals surface area (Å²) in [5, 5.41) is 13.6. The van der Waals surface area contributed by atoms with Crippen molar-refractivity contribution in [1.29, 1.82) is 0 Å². The number of carboxylic acids is 1. The Labute approximate surface area is 318 Å². The van der Waals surface area contributed by atoms with Gasteiger partial charge in [-0.3, -0.25) is 0 Å². The number of aromatic nitrogens is 8. The first kappa shape index (κ1) is 34.5. The van der Waals surface area contributed by atoms with Crippen molar-refractivity contribution in [2.45, 2.75) is 78.6 Å². The van der Waals surface area contributed by atoms with Crippen LogP contribution in [0.3, 0.4) is 0 Å². The average Bonchev–Trinajstić information content (AvgIpc) is 3.85. The van der Waals surface area contributed by atoms with Crippen molar-refractivity contribution in [2.24, 2.45) is 0 Å². The van der Waals surface area contributed by atoms with Crippen molar-refractivity contribution in [2.75, 3.05) is 0 Å². The van der Waals surface area contributed by atoms with Gasteiger partial charge in [0.2, 0.25) is 0 Å². The number of nitrogens with one attached hydrogen (secondary N) is 2. The van der Waals surface area contributed by atoms with E-state index in [1.807, 2.05) is 24.3 Å². The lowest BCUT2D eigenvalue weighted by atomic mass is 9.82. The van der Waals surface area contributed by atoms with E-state index in [1.54, 1.807) is 18.2 Å². The molecule has 3 aromatic heterocycles. The largest absolute Gasteiger partial charge is 0.478 e. The van der Waals surface area contributed by atoms with Gasteiger partial charge < -0.3 is 15.1 Å². The molecule has 2 aliphatic rings. The molecule has 3 N–H and O–H groups in total. The van der Waals surface area contributed by atoms with Crippen LogP contribution in [0, 0.1) is 0 Å². The molecule has 0 spiro atoms. The summed E-state index contributed by atoms with van der Waals surface area (Å²) in [6.07, 6.45) is 0. The van der Waals surface area contributed by atoms with E-state index in [0.717, 1.165) is 49.4 Å². The molecule has 0 amide bonds. The third-order valence-corrected chi connectivity index (χ3v) is 10.6. The van der Waals surface area contributed by atoms with E-state index in [4.69, 9.17) is 29.9 Å². The Bertz CT molecular complexity index is 2970. The summed E-state index contributed by atoms with van der Waals surface area (Å²) in [5.74, 6) is 0.852. The molecular weight excluding hydrogens is 685 g/mol. The van der Waals surface area contributed by atoms with Gasteiger partial charge in [-0.15, -0.1) is 0 Å². The molecule has 0 atom stereocenters. The maximum atomic E-state index is 12.2. The van der Waals surface area contributed by atoms with Gasteiger partial charge >= 0.3 is 5.97 Å². The fourth-order valence-electron chi connectivity index (χ4n) is 7.95. The van der Waals surface area contributed by atoms with Gasteiger partial charge in [0.15, 0.2) is 23.3 Å². The van der Waals surface area contributed by atoms with Crippen molar-refractivity contribution >= 4 is 50.1 Å². The molecule has 10 nitrogen and oxygen atoms in total. The molecule has 0 radical (unpaired) electrons. The highest BCUT2D eigenvalue weighted by Gasteiger charge is 2.30. The lowest BCUT2D eigenvalue weighted by molar-refractivity contribution is 0.0697. The molecule has 274 valence electrons. The van der Waals surface area contributed by atoms with Crippen LogP contribution in [0.4, 0.5) is 0 Å². The molecule has 55 heavy (non-hydrogen) atoms. The molecule has 0 fully saturated rings. The van der Waals surface area contributed by atoms with Gasteiger partial charge in [0.05, 0.1) is 5.56 Å². The third-order valence-electron chi connectivity index (χ3n) is 10.6. The molecule has 0 saturated carbocycles. The Morgan fingerprint density at radius 3 is 1.49 bits per heavy atom. The lowest BCUT2D eigenvalue weighted by Crippen LogP contribution is -2.13. The molecule has 7 aromatic rings. The molecule has 0 aliphatic carbocycles. The van der Waals surface area contributed by atoms with Crippen LogP contribution >= 0.6 is 0 Å². The smallest absolute Gasteiger partial charge is 0.335 e. The molecule has 4 aromatic carbocycles. The van der Waals surface area contributed by atoms with E-state index in [1.165, 1.54) is 0 Å². The van der Waals surface area contributed by atoms with Gasteiger partial charge in [0.25, 0.3) is 0 Å². The number of carbonyl (C=O) groups is 1. The van der Waals surface area contributed by atoms with Gasteiger partial charge in [-0.25, -0.2) is 34.7 Å². The number of aromatic amines is 2. The Hall–Kier alpha value is -6.29. The van der Waals surface area contributed by atoms with Crippen LogP contribution in [0.25, 0.3) is 89.7 Å².